The van der Waals surface area contributed by atoms with Crippen LogP contribution in [0.4, 0.5) is 4.79 Å². The van der Waals surface area contributed by atoms with E-state index in [1.54, 1.807) is 39.8 Å². The van der Waals surface area contributed by atoms with E-state index < -0.39 is 11.7 Å². The molecular weight excluding hydrogens is 298 g/mol. The van der Waals surface area contributed by atoms with Gasteiger partial charge in [0, 0.05) is 31.5 Å². The lowest BCUT2D eigenvalue weighted by molar-refractivity contribution is -0.130. The molecule has 1 rings (SSSR count). The van der Waals surface area contributed by atoms with Crippen molar-refractivity contribution in [2.75, 3.05) is 14.1 Å². The van der Waals surface area contributed by atoms with Gasteiger partial charge in [-0.1, -0.05) is 5.11 Å². The molecule has 0 unspecified atom stereocenters. The average molecular weight is 325 g/mol. The molecule has 0 saturated heterocycles. The van der Waals surface area contributed by atoms with Crippen LogP contribution in [0.3, 0.4) is 0 Å². The number of nitrogens with zero attached hydrogens (tertiary/aromatic N) is 4. The maximum absolute atomic E-state index is 12.0. The van der Waals surface area contributed by atoms with Crippen molar-refractivity contribution in [2.24, 2.45) is 11.0 Å². The first kappa shape index (κ1) is 19.1. The standard InChI is InChI=1S/C15H27N5O3/c1-15(2,3)23-14(22)17-12-8-10(9-13(21)20(4)5)6-7-11(12)18-19-16/h10-12H,6-9H2,1-5H3,(H,17,22)/t10-,11-,12+/m0/s1. The molecule has 0 aromatic heterocycles. The van der Waals surface area contributed by atoms with Crippen LogP contribution in [0.1, 0.15) is 46.5 Å². The molecule has 0 spiro atoms. The highest BCUT2D eigenvalue weighted by molar-refractivity contribution is 5.75. The fourth-order valence-electron chi connectivity index (χ4n) is 2.68. The van der Waals surface area contributed by atoms with Crippen LogP contribution in [-0.4, -0.2) is 48.7 Å². The molecule has 1 aliphatic rings. The van der Waals surface area contributed by atoms with Gasteiger partial charge >= 0.3 is 6.09 Å². The third-order valence-corrected chi connectivity index (χ3v) is 3.79. The number of rotatable bonds is 4. The zero-order chi connectivity index (χ0) is 17.6. The third kappa shape index (κ3) is 6.78. The summed E-state index contributed by atoms with van der Waals surface area (Å²) in [7, 11) is 3.45. The lowest BCUT2D eigenvalue weighted by Crippen LogP contribution is -2.48. The highest BCUT2D eigenvalue weighted by Gasteiger charge is 2.33. The molecule has 0 aliphatic heterocycles. The highest BCUT2D eigenvalue weighted by atomic mass is 16.6. The number of nitrogens with one attached hydrogen (secondary N) is 1. The van der Waals surface area contributed by atoms with Crippen molar-refractivity contribution in [3.8, 4) is 0 Å². The molecule has 130 valence electrons. The number of amides is 2. The molecule has 23 heavy (non-hydrogen) atoms. The van der Waals surface area contributed by atoms with Gasteiger partial charge in [0.1, 0.15) is 5.60 Å². The smallest absolute Gasteiger partial charge is 0.407 e. The van der Waals surface area contributed by atoms with Crippen molar-refractivity contribution in [3.63, 3.8) is 0 Å². The quantitative estimate of drug-likeness (QED) is 0.487. The van der Waals surface area contributed by atoms with Crippen LogP contribution in [0.25, 0.3) is 10.4 Å². The van der Waals surface area contributed by atoms with Crippen LogP contribution >= 0.6 is 0 Å². The van der Waals surface area contributed by atoms with Crippen LogP contribution in [0.2, 0.25) is 0 Å². The molecule has 0 heterocycles. The minimum Gasteiger partial charge on any atom is -0.444 e. The van der Waals surface area contributed by atoms with Crippen LogP contribution in [-0.2, 0) is 9.53 Å². The summed E-state index contributed by atoms with van der Waals surface area (Å²) in [6.07, 6.45) is 1.96. The van der Waals surface area contributed by atoms with E-state index in [9.17, 15) is 9.59 Å². The molecule has 3 atom stereocenters. The van der Waals surface area contributed by atoms with E-state index in [0.29, 0.717) is 19.3 Å². The van der Waals surface area contributed by atoms with Gasteiger partial charge in [-0.25, -0.2) is 4.79 Å². The van der Waals surface area contributed by atoms with E-state index in [4.69, 9.17) is 10.3 Å². The van der Waals surface area contributed by atoms with Gasteiger partial charge in [-0.05, 0) is 51.5 Å². The maximum Gasteiger partial charge on any atom is 0.407 e. The summed E-state index contributed by atoms with van der Waals surface area (Å²) in [5.41, 5.74) is 8.10. The van der Waals surface area contributed by atoms with Gasteiger partial charge in [-0.2, -0.15) is 0 Å². The van der Waals surface area contributed by atoms with Gasteiger partial charge in [0.05, 0.1) is 6.04 Å². The molecule has 1 aliphatic carbocycles. The molecule has 8 nitrogen and oxygen atoms in total. The summed E-state index contributed by atoms with van der Waals surface area (Å²) >= 11 is 0. The topological polar surface area (TPSA) is 107 Å². The monoisotopic (exact) mass is 325 g/mol. The molecule has 8 heteroatoms. The normalized spacial score (nSPS) is 24.3. The van der Waals surface area contributed by atoms with E-state index in [0.717, 1.165) is 6.42 Å². The summed E-state index contributed by atoms with van der Waals surface area (Å²) in [6, 6.07) is -0.618. The molecule has 0 aromatic carbocycles. The Hall–Kier alpha value is -1.95. The van der Waals surface area contributed by atoms with Gasteiger partial charge < -0.3 is 15.0 Å². The van der Waals surface area contributed by atoms with Crippen LogP contribution in [0.5, 0.6) is 0 Å². The van der Waals surface area contributed by atoms with E-state index in [1.807, 2.05) is 0 Å². The second-order valence-electron chi connectivity index (χ2n) is 7.20. The van der Waals surface area contributed by atoms with Crippen molar-refractivity contribution in [3.05, 3.63) is 10.4 Å². The molecule has 0 radical (unpaired) electrons. The molecule has 1 N–H and O–H groups in total. The summed E-state index contributed by atoms with van der Waals surface area (Å²) in [4.78, 5) is 28.3. The predicted molar refractivity (Wildman–Crippen MR) is 86.7 cm³/mol. The lowest BCUT2D eigenvalue weighted by atomic mass is 9.81. The van der Waals surface area contributed by atoms with E-state index in [2.05, 4.69) is 15.3 Å². The zero-order valence-electron chi connectivity index (χ0n) is 14.6. The number of carbonyl (C=O) groups is 2. The Balaban J connectivity index is 2.70. The van der Waals surface area contributed by atoms with Gasteiger partial charge in [0.25, 0.3) is 0 Å². The first-order chi connectivity index (χ1) is 10.6. The Bertz CT molecular complexity index is 480. The molecule has 0 bridgehead atoms. The number of azide groups is 1. The first-order valence-corrected chi connectivity index (χ1v) is 7.86. The Morgan fingerprint density at radius 3 is 2.52 bits per heavy atom. The minimum atomic E-state index is -0.590. The average Bonchev–Trinajstić information content (AvgIpc) is 2.39. The van der Waals surface area contributed by atoms with Gasteiger partial charge in [0.2, 0.25) is 5.91 Å². The molecule has 1 saturated carbocycles. The molecule has 0 aromatic rings. The second-order valence-corrected chi connectivity index (χ2v) is 7.20. The number of alkyl carbamates (subject to hydrolysis) is 1. The Kier molecular flexibility index (Phi) is 6.69. The number of carbonyl (C=O) groups excluding carboxylic acids is 2. The number of ether oxygens (including phenoxy) is 1. The Morgan fingerprint density at radius 2 is 2.00 bits per heavy atom. The highest BCUT2D eigenvalue weighted by Crippen LogP contribution is 2.30. The van der Waals surface area contributed by atoms with Gasteiger partial charge in [0.15, 0.2) is 0 Å². The van der Waals surface area contributed by atoms with Crippen molar-refractivity contribution in [1.29, 1.82) is 0 Å². The molecular formula is C15H27N5O3. The third-order valence-electron chi connectivity index (χ3n) is 3.79. The summed E-state index contributed by atoms with van der Waals surface area (Å²) in [5, 5.41) is 6.57. The van der Waals surface area contributed by atoms with Crippen molar-refractivity contribution >= 4 is 12.0 Å². The molecule has 1 fully saturated rings. The number of hydrogen-bond acceptors (Lipinski definition) is 4. The van der Waals surface area contributed by atoms with E-state index in [-0.39, 0.29) is 23.9 Å². The van der Waals surface area contributed by atoms with E-state index in [1.165, 1.54) is 0 Å². The van der Waals surface area contributed by atoms with Gasteiger partial charge in [-0.15, -0.1) is 0 Å². The predicted octanol–water partition coefficient (Wildman–Crippen LogP) is 2.84. The summed E-state index contributed by atoms with van der Waals surface area (Å²) < 4.78 is 5.26. The summed E-state index contributed by atoms with van der Waals surface area (Å²) in [5.74, 6) is 0.225. The Morgan fingerprint density at radius 1 is 1.35 bits per heavy atom. The zero-order valence-corrected chi connectivity index (χ0v) is 14.6. The lowest BCUT2D eigenvalue weighted by Gasteiger charge is -2.34. The summed E-state index contributed by atoms with van der Waals surface area (Å²) in [6.45, 7) is 5.37. The Labute approximate surface area is 137 Å². The van der Waals surface area contributed by atoms with Crippen LogP contribution in [0.15, 0.2) is 5.11 Å². The van der Waals surface area contributed by atoms with Crippen molar-refractivity contribution < 1.29 is 14.3 Å². The van der Waals surface area contributed by atoms with Crippen molar-refractivity contribution in [2.45, 2.75) is 64.1 Å². The van der Waals surface area contributed by atoms with E-state index >= 15 is 0 Å². The maximum atomic E-state index is 12.0. The van der Waals surface area contributed by atoms with Crippen molar-refractivity contribution in [1.82, 2.24) is 10.2 Å². The van der Waals surface area contributed by atoms with Crippen LogP contribution < -0.4 is 5.32 Å². The van der Waals surface area contributed by atoms with Gasteiger partial charge in [-0.3, -0.25) is 4.79 Å². The fraction of sp³-hybridized carbons (Fsp3) is 0.867. The SMILES string of the molecule is CN(C)C(=O)C[C@H]1CC[C@H](N=[N+]=[N-])[C@H](NC(=O)OC(C)(C)C)C1. The largest absolute Gasteiger partial charge is 0.444 e. The number of hydrogen-bond donors (Lipinski definition) is 1. The fourth-order valence-corrected chi connectivity index (χ4v) is 2.68. The minimum absolute atomic E-state index is 0.0632. The van der Waals surface area contributed by atoms with Crippen LogP contribution in [0, 0.1) is 5.92 Å². The first-order valence-electron chi connectivity index (χ1n) is 7.86. The second kappa shape index (κ2) is 8.06. The molecule has 2 amide bonds.